The van der Waals surface area contributed by atoms with Crippen LogP contribution in [-0.4, -0.2) is 38.9 Å². The number of aromatic nitrogens is 3. The van der Waals surface area contributed by atoms with Crippen LogP contribution in [0.25, 0.3) is 26.8 Å². The van der Waals surface area contributed by atoms with Crippen LogP contribution < -0.4 is 0 Å². The number of hydrogen-bond donors (Lipinski definition) is 2. The lowest BCUT2D eigenvalue weighted by molar-refractivity contribution is -0.133. The molecule has 0 spiro atoms. The smallest absolute Gasteiger partial charge is 0.345 e. The molecule has 0 fully saturated rings. The summed E-state index contributed by atoms with van der Waals surface area (Å²) in [4.78, 5) is 24.2. The minimum atomic E-state index is -0.642. The van der Waals surface area contributed by atoms with Crippen molar-refractivity contribution in [3.63, 3.8) is 0 Å². The maximum absolute atomic E-state index is 12.3. The zero-order chi connectivity index (χ0) is 18.8. The number of benzene rings is 2. The second-order valence-electron chi connectivity index (χ2n) is 5.65. The Morgan fingerprint density at radius 3 is 2.63 bits per heavy atom. The molecule has 0 radical (unpaired) electrons. The lowest BCUT2D eigenvalue weighted by Gasteiger charge is -2.06. The molecular weight excluding hydrogens is 382 g/mol. The van der Waals surface area contributed by atoms with E-state index in [0.717, 1.165) is 20.1 Å². The number of aliphatic hydroxyl groups is 1. The number of nitrogens with zero attached hydrogens (tertiary/aromatic N) is 2. The molecule has 6 nitrogen and oxygen atoms in total. The maximum atomic E-state index is 12.3. The number of esters is 1. The van der Waals surface area contributed by atoms with Crippen molar-refractivity contribution in [2.75, 3.05) is 12.9 Å². The molecule has 136 valence electrons. The molecule has 0 amide bonds. The molecular formula is C19H15N3O3S2. The van der Waals surface area contributed by atoms with Crippen molar-refractivity contribution in [3.8, 4) is 0 Å². The van der Waals surface area contributed by atoms with Gasteiger partial charge in [-0.2, -0.15) is 0 Å². The summed E-state index contributed by atoms with van der Waals surface area (Å²) in [5.74, 6) is -0.284. The van der Waals surface area contributed by atoms with Crippen molar-refractivity contribution in [3.05, 3.63) is 60.1 Å². The molecule has 0 atom stereocenters. The number of fused-ring (bicyclic) bond motifs is 2. The van der Waals surface area contributed by atoms with Crippen LogP contribution >= 0.6 is 23.1 Å². The number of ether oxygens (including phenoxy) is 1. The van der Waals surface area contributed by atoms with Crippen LogP contribution in [0, 0.1) is 0 Å². The summed E-state index contributed by atoms with van der Waals surface area (Å²) in [7, 11) is 1.28. The largest absolute Gasteiger partial charge is 0.510 e. The molecule has 2 N–H and O–H groups in total. The van der Waals surface area contributed by atoms with Crippen LogP contribution in [0.15, 0.2) is 58.6 Å². The Hall–Kier alpha value is -2.84. The van der Waals surface area contributed by atoms with Crippen LogP contribution in [0.1, 0.15) is 5.82 Å². The van der Waals surface area contributed by atoms with Crippen molar-refractivity contribution in [1.29, 1.82) is 0 Å². The summed E-state index contributed by atoms with van der Waals surface area (Å²) >= 11 is 2.91. The van der Waals surface area contributed by atoms with Gasteiger partial charge in [0.05, 0.1) is 34.1 Å². The van der Waals surface area contributed by atoms with Crippen molar-refractivity contribution in [1.82, 2.24) is 15.0 Å². The Kier molecular flexibility index (Phi) is 4.83. The van der Waals surface area contributed by atoms with E-state index in [4.69, 9.17) is 4.74 Å². The van der Waals surface area contributed by atoms with Crippen LogP contribution in [0.3, 0.4) is 0 Å². The quantitative estimate of drug-likeness (QED) is 0.224. The highest BCUT2D eigenvalue weighted by molar-refractivity contribution is 8.01. The van der Waals surface area contributed by atoms with Gasteiger partial charge in [0, 0.05) is 0 Å². The van der Waals surface area contributed by atoms with Gasteiger partial charge in [0.1, 0.15) is 17.2 Å². The van der Waals surface area contributed by atoms with Gasteiger partial charge in [0.25, 0.3) is 0 Å². The minimum absolute atomic E-state index is 0.0299. The second kappa shape index (κ2) is 7.42. The number of H-pyrrole nitrogens is 1. The zero-order valence-corrected chi connectivity index (χ0v) is 15.9. The van der Waals surface area contributed by atoms with Crippen LogP contribution in [0.2, 0.25) is 0 Å². The number of nitrogens with one attached hydrogen (secondary N) is 1. The Bertz CT molecular complexity index is 1100. The number of imidazole rings is 1. The number of carbonyl (C=O) groups excluding carboxylic acids is 1. The number of thiazole rings is 1. The van der Waals surface area contributed by atoms with Gasteiger partial charge in [0.15, 0.2) is 4.34 Å². The Labute approximate surface area is 162 Å². The first-order valence-corrected chi connectivity index (χ1v) is 9.90. The number of carbonyl (C=O) groups is 1. The molecule has 0 bridgehead atoms. The molecule has 8 heteroatoms. The fraction of sp³-hybridized carbons (Fsp3) is 0.105. The summed E-state index contributed by atoms with van der Waals surface area (Å²) in [6.45, 7) is 0. The SMILES string of the molecule is COC(=O)/C(=C(/O)CSc1nc2ccccc2s1)c1nc2ccccc2[nH]1. The van der Waals surface area contributed by atoms with E-state index < -0.39 is 5.97 Å². The normalized spacial score (nSPS) is 12.3. The Morgan fingerprint density at radius 2 is 1.89 bits per heavy atom. The summed E-state index contributed by atoms with van der Waals surface area (Å²) in [5.41, 5.74) is 2.43. The number of methoxy groups -OCH3 is 1. The number of para-hydroxylation sites is 3. The fourth-order valence-corrected chi connectivity index (χ4v) is 4.59. The minimum Gasteiger partial charge on any atom is -0.510 e. The molecule has 0 aliphatic heterocycles. The number of rotatable bonds is 5. The molecule has 0 unspecified atom stereocenters. The molecule has 2 aromatic heterocycles. The van der Waals surface area contributed by atoms with Gasteiger partial charge in [-0.05, 0) is 24.3 Å². The van der Waals surface area contributed by atoms with Gasteiger partial charge in [-0.25, -0.2) is 14.8 Å². The van der Waals surface area contributed by atoms with E-state index in [1.165, 1.54) is 18.9 Å². The highest BCUT2D eigenvalue weighted by Gasteiger charge is 2.22. The Balaban J connectivity index is 1.65. The number of hydrogen-bond acceptors (Lipinski definition) is 7. The van der Waals surface area contributed by atoms with Gasteiger partial charge in [-0.15, -0.1) is 11.3 Å². The fourth-order valence-electron chi connectivity index (χ4n) is 2.64. The predicted octanol–water partition coefficient (Wildman–Crippen LogP) is 4.41. The van der Waals surface area contributed by atoms with E-state index in [1.54, 1.807) is 11.3 Å². The van der Waals surface area contributed by atoms with E-state index in [0.29, 0.717) is 5.52 Å². The third-order valence-corrected chi connectivity index (χ3v) is 6.10. The lowest BCUT2D eigenvalue weighted by Crippen LogP contribution is -2.09. The van der Waals surface area contributed by atoms with Gasteiger partial charge in [0.2, 0.25) is 0 Å². The average molecular weight is 397 g/mol. The van der Waals surface area contributed by atoms with E-state index in [2.05, 4.69) is 15.0 Å². The summed E-state index contributed by atoms with van der Waals surface area (Å²) < 4.78 is 6.74. The average Bonchev–Trinajstić information content (AvgIpc) is 3.29. The predicted molar refractivity (Wildman–Crippen MR) is 108 cm³/mol. The summed E-state index contributed by atoms with van der Waals surface area (Å²) in [5, 5.41) is 10.6. The van der Waals surface area contributed by atoms with E-state index in [-0.39, 0.29) is 22.9 Å². The third-order valence-electron chi connectivity index (χ3n) is 3.91. The maximum Gasteiger partial charge on any atom is 0.345 e. The topological polar surface area (TPSA) is 88.1 Å². The number of aromatic amines is 1. The molecule has 0 saturated carbocycles. The third kappa shape index (κ3) is 3.54. The van der Waals surface area contributed by atoms with Crippen molar-refractivity contribution in [2.24, 2.45) is 0 Å². The summed E-state index contributed by atoms with van der Waals surface area (Å²) in [6, 6.07) is 15.3. The first-order valence-electron chi connectivity index (χ1n) is 8.09. The van der Waals surface area contributed by atoms with E-state index in [9.17, 15) is 9.90 Å². The molecule has 0 aliphatic carbocycles. The molecule has 0 aliphatic rings. The van der Waals surface area contributed by atoms with Crippen LogP contribution in [0.5, 0.6) is 0 Å². The van der Waals surface area contributed by atoms with E-state index in [1.807, 2.05) is 48.5 Å². The van der Waals surface area contributed by atoms with Crippen LogP contribution in [0.4, 0.5) is 0 Å². The lowest BCUT2D eigenvalue weighted by atomic mass is 10.2. The van der Waals surface area contributed by atoms with Crippen molar-refractivity contribution >= 4 is 55.9 Å². The molecule has 2 heterocycles. The van der Waals surface area contributed by atoms with Crippen molar-refractivity contribution in [2.45, 2.75) is 4.34 Å². The van der Waals surface area contributed by atoms with E-state index >= 15 is 0 Å². The highest BCUT2D eigenvalue weighted by atomic mass is 32.2. The Morgan fingerprint density at radius 1 is 1.15 bits per heavy atom. The first-order chi connectivity index (χ1) is 13.2. The van der Waals surface area contributed by atoms with Gasteiger partial charge in [-0.1, -0.05) is 36.0 Å². The van der Waals surface area contributed by atoms with Crippen molar-refractivity contribution < 1.29 is 14.6 Å². The highest BCUT2D eigenvalue weighted by Crippen LogP contribution is 2.31. The standard InChI is InChI=1S/C19H15N3O3S2/c1-25-18(24)16(17-20-11-6-2-3-7-12(11)21-17)14(23)10-26-19-22-13-8-4-5-9-15(13)27-19/h2-9,23H,10H2,1H3,(H,20,21)/b16-14+. The monoisotopic (exact) mass is 397 g/mol. The van der Waals surface area contributed by atoms with Gasteiger partial charge < -0.3 is 14.8 Å². The second-order valence-corrected chi connectivity index (χ2v) is 7.91. The molecule has 4 aromatic rings. The number of thioether (sulfide) groups is 1. The van der Waals surface area contributed by atoms with Crippen LogP contribution in [-0.2, 0) is 9.53 Å². The summed E-state index contributed by atoms with van der Waals surface area (Å²) in [6.07, 6.45) is 0. The van der Waals surface area contributed by atoms with Gasteiger partial charge >= 0.3 is 5.97 Å². The molecule has 4 rings (SSSR count). The van der Waals surface area contributed by atoms with Gasteiger partial charge in [-0.3, -0.25) is 0 Å². The zero-order valence-electron chi connectivity index (χ0n) is 14.3. The molecule has 2 aromatic carbocycles. The molecule has 27 heavy (non-hydrogen) atoms. The first kappa shape index (κ1) is 17.6. The molecule has 0 saturated heterocycles. The number of aliphatic hydroxyl groups excluding tert-OH is 1.